The van der Waals surface area contributed by atoms with Crippen LogP contribution < -0.4 is 11.1 Å². The number of carbonyl (C=O) groups excluding carboxylic acids is 1. The van der Waals surface area contributed by atoms with Crippen LogP contribution in [0.3, 0.4) is 0 Å². The molecule has 0 saturated carbocycles. The molecule has 1 aromatic rings. The van der Waals surface area contributed by atoms with Crippen LogP contribution in [0.2, 0.25) is 0 Å². The third-order valence-electron chi connectivity index (χ3n) is 2.68. The SMILES string of the molecule is CCN(CC)C(=O)CCNc1nccnc1C(N)=S. The highest BCUT2D eigenvalue weighted by atomic mass is 32.1. The highest BCUT2D eigenvalue weighted by Gasteiger charge is 2.11. The van der Waals surface area contributed by atoms with Crippen molar-refractivity contribution in [3.8, 4) is 0 Å². The van der Waals surface area contributed by atoms with Gasteiger partial charge in [-0.2, -0.15) is 0 Å². The van der Waals surface area contributed by atoms with E-state index < -0.39 is 0 Å². The Morgan fingerprint density at radius 2 is 2.00 bits per heavy atom. The molecule has 0 unspecified atom stereocenters. The Hall–Kier alpha value is -1.76. The van der Waals surface area contributed by atoms with Crippen LogP contribution in [0, 0.1) is 0 Å². The zero-order valence-corrected chi connectivity index (χ0v) is 12.0. The molecule has 7 heteroatoms. The largest absolute Gasteiger partial charge is 0.388 e. The molecule has 0 aliphatic carbocycles. The van der Waals surface area contributed by atoms with E-state index in [4.69, 9.17) is 18.0 Å². The van der Waals surface area contributed by atoms with E-state index in [-0.39, 0.29) is 10.9 Å². The monoisotopic (exact) mass is 281 g/mol. The van der Waals surface area contributed by atoms with Crippen LogP contribution in [-0.4, -0.2) is 45.4 Å². The summed E-state index contributed by atoms with van der Waals surface area (Å²) < 4.78 is 0. The van der Waals surface area contributed by atoms with Gasteiger partial charge in [-0.05, 0) is 13.8 Å². The Balaban J connectivity index is 2.54. The van der Waals surface area contributed by atoms with Crippen molar-refractivity contribution in [2.75, 3.05) is 25.0 Å². The highest BCUT2D eigenvalue weighted by molar-refractivity contribution is 7.80. The summed E-state index contributed by atoms with van der Waals surface area (Å²) in [5.41, 5.74) is 6.00. The lowest BCUT2D eigenvalue weighted by Gasteiger charge is -2.18. The molecule has 0 spiro atoms. The van der Waals surface area contributed by atoms with Gasteiger partial charge in [0, 0.05) is 38.4 Å². The van der Waals surface area contributed by atoms with Gasteiger partial charge in [0.05, 0.1) is 0 Å². The number of nitrogens with two attached hydrogens (primary N) is 1. The number of carbonyl (C=O) groups is 1. The van der Waals surface area contributed by atoms with Gasteiger partial charge in [-0.15, -0.1) is 0 Å². The molecule has 0 atom stereocenters. The smallest absolute Gasteiger partial charge is 0.224 e. The van der Waals surface area contributed by atoms with Crippen molar-refractivity contribution < 1.29 is 4.79 Å². The van der Waals surface area contributed by atoms with Crippen LogP contribution in [0.25, 0.3) is 0 Å². The topological polar surface area (TPSA) is 84.1 Å². The Morgan fingerprint density at radius 3 is 2.58 bits per heavy atom. The zero-order chi connectivity index (χ0) is 14.3. The van der Waals surface area contributed by atoms with Crippen molar-refractivity contribution in [3.05, 3.63) is 18.1 Å². The number of rotatable bonds is 7. The molecule has 0 aromatic carbocycles. The third kappa shape index (κ3) is 4.44. The van der Waals surface area contributed by atoms with E-state index in [1.54, 1.807) is 11.1 Å². The van der Waals surface area contributed by atoms with Gasteiger partial charge in [0.1, 0.15) is 10.7 Å². The number of hydrogen-bond donors (Lipinski definition) is 2. The lowest BCUT2D eigenvalue weighted by molar-refractivity contribution is -0.130. The standard InChI is InChI=1S/C12H19N5OS/c1-3-17(4-2)9(18)5-6-15-12-10(11(13)19)14-7-8-16-12/h7-8H,3-6H2,1-2H3,(H2,13,19)(H,15,16). The molecule has 0 aliphatic heterocycles. The van der Waals surface area contributed by atoms with Gasteiger partial charge < -0.3 is 16.0 Å². The Bertz CT molecular complexity index is 448. The molecule has 3 N–H and O–H groups in total. The first-order valence-corrected chi connectivity index (χ1v) is 6.63. The van der Waals surface area contributed by atoms with Gasteiger partial charge in [0.25, 0.3) is 0 Å². The molecular formula is C12H19N5OS. The lowest BCUT2D eigenvalue weighted by Crippen LogP contribution is -2.31. The molecule has 1 rings (SSSR count). The summed E-state index contributed by atoms with van der Waals surface area (Å²) in [4.78, 5) is 22.0. The fourth-order valence-corrected chi connectivity index (χ4v) is 1.82. The van der Waals surface area contributed by atoms with Gasteiger partial charge in [0.2, 0.25) is 5.91 Å². The van der Waals surface area contributed by atoms with E-state index >= 15 is 0 Å². The lowest BCUT2D eigenvalue weighted by atomic mass is 10.3. The highest BCUT2D eigenvalue weighted by Crippen LogP contribution is 2.08. The van der Waals surface area contributed by atoms with Gasteiger partial charge in [-0.3, -0.25) is 4.79 Å². The molecule has 0 saturated heterocycles. The van der Waals surface area contributed by atoms with Crippen molar-refractivity contribution in [2.24, 2.45) is 5.73 Å². The number of anilines is 1. The number of hydrogen-bond acceptors (Lipinski definition) is 5. The van der Waals surface area contributed by atoms with Crippen LogP contribution >= 0.6 is 12.2 Å². The van der Waals surface area contributed by atoms with Crippen molar-refractivity contribution in [3.63, 3.8) is 0 Å². The van der Waals surface area contributed by atoms with Crippen molar-refractivity contribution >= 4 is 28.9 Å². The predicted octanol–water partition coefficient (Wildman–Crippen LogP) is 0.781. The molecule has 0 fully saturated rings. The minimum Gasteiger partial charge on any atom is -0.388 e. The molecule has 19 heavy (non-hydrogen) atoms. The first-order chi connectivity index (χ1) is 9.10. The van der Waals surface area contributed by atoms with Crippen molar-refractivity contribution in [1.29, 1.82) is 0 Å². The maximum absolute atomic E-state index is 11.8. The maximum atomic E-state index is 11.8. The average Bonchev–Trinajstić information content (AvgIpc) is 2.40. The average molecular weight is 281 g/mol. The summed E-state index contributed by atoms with van der Waals surface area (Å²) in [6.45, 7) is 5.84. The van der Waals surface area contributed by atoms with Crippen LogP contribution in [0.5, 0.6) is 0 Å². The number of nitrogens with zero attached hydrogens (tertiary/aromatic N) is 3. The third-order valence-corrected chi connectivity index (χ3v) is 2.87. The molecule has 104 valence electrons. The Labute approximate surface area is 118 Å². The summed E-state index contributed by atoms with van der Waals surface area (Å²) in [5.74, 6) is 0.626. The molecule has 0 radical (unpaired) electrons. The normalized spacial score (nSPS) is 10.0. The van der Waals surface area contributed by atoms with Crippen LogP contribution in [0.4, 0.5) is 5.82 Å². The summed E-state index contributed by atoms with van der Waals surface area (Å²) in [7, 11) is 0. The summed E-state index contributed by atoms with van der Waals surface area (Å²) >= 11 is 4.89. The van der Waals surface area contributed by atoms with Gasteiger partial charge >= 0.3 is 0 Å². The fourth-order valence-electron chi connectivity index (χ4n) is 1.67. The quantitative estimate of drug-likeness (QED) is 0.719. The second-order valence-electron chi connectivity index (χ2n) is 3.86. The van der Waals surface area contributed by atoms with Crippen LogP contribution in [0.15, 0.2) is 12.4 Å². The summed E-state index contributed by atoms with van der Waals surface area (Å²) in [5, 5.41) is 3.04. The first kappa shape index (κ1) is 15.3. The summed E-state index contributed by atoms with van der Waals surface area (Å²) in [6.07, 6.45) is 3.48. The number of aromatic nitrogens is 2. The minimum atomic E-state index is 0.110. The molecule has 0 aliphatic rings. The van der Waals surface area contributed by atoms with Gasteiger partial charge in [-0.25, -0.2) is 9.97 Å². The molecule has 1 aromatic heterocycles. The second-order valence-corrected chi connectivity index (χ2v) is 4.30. The fraction of sp³-hybridized carbons (Fsp3) is 0.500. The minimum absolute atomic E-state index is 0.110. The number of thiocarbonyl (C=S) groups is 1. The molecule has 1 heterocycles. The van der Waals surface area contributed by atoms with Gasteiger partial charge in [-0.1, -0.05) is 12.2 Å². The van der Waals surface area contributed by atoms with E-state index in [2.05, 4.69) is 15.3 Å². The van der Waals surface area contributed by atoms with Crippen molar-refractivity contribution in [2.45, 2.75) is 20.3 Å². The number of amides is 1. The van der Waals surface area contributed by atoms with E-state index in [1.165, 1.54) is 6.20 Å². The second kappa shape index (κ2) is 7.63. The van der Waals surface area contributed by atoms with E-state index in [9.17, 15) is 4.79 Å². The molecular weight excluding hydrogens is 262 g/mol. The van der Waals surface area contributed by atoms with E-state index in [1.807, 2.05) is 13.8 Å². The Morgan fingerprint density at radius 1 is 1.37 bits per heavy atom. The van der Waals surface area contributed by atoms with E-state index in [0.717, 1.165) is 13.1 Å². The van der Waals surface area contributed by atoms with Crippen LogP contribution in [0.1, 0.15) is 26.0 Å². The number of nitrogens with one attached hydrogen (secondary N) is 1. The molecule has 0 bridgehead atoms. The molecule has 1 amide bonds. The predicted molar refractivity (Wildman–Crippen MR) is 79.0 cm³/mol. The van der Waals surface area contributed by atoms with Crippen molar-refractivity contribution in [1.82, 2.24) is 14.9 Å². The van der Waals surface area contributed by atoms with Gasteiger partial charge in [0.15, 0.2) is 5.82 Å². The summed E-state index contributed by atoms with van der Waals surface area (Å²) in [6, 6.07) is 0. The van der Waals surface area contributed by atoms with E-state index in [0.29, 0.717) is 24.5 Å². The first-order valence-electron chi connectivity index (χ1n) is 6.22. The molecule has 6 nitrogen and oxygen atoms in total. The maximum Gasteiger partial charge on any atom is 0.224 e. The zero-order valence-electron chi connectivity index (χ0n) is 11.2. The van der Waals surface area contributed by atoms with Crippen LogP contribution in [-0.2, 0) is 4.79 Å². The Kier molecular flexibility index (Phi) is 6.14.